The number of benzene rings is 3. The SMILES string of the molecule is CCC[C@H](OC1C(OC(=O)c2ccccc2)[C@H](O[C@@H]2CC(C(=O)CCCNC(=O)[C@H]3CC(OCc4cc5ccccc5oc4=O)C(O)[C@H](O[C@@H]4OC(CO)[C@H](O)C(OCc5cc6ccccc6oc5=O)[C@H]4O)C3)CC(C)[C@H]2O[C@@H]2OC(C)[C@@H](O)[C@H](O)C2O)O[C@@H](CO)[C@@H]1O)C(=O)O. The molecule has 530 valence electrons. The summed E-state index contributed by atoms with van der Waals surface area (Å²) >= 11 is 0. The van der Waals surface area contributed by atoms with Gasteiger partial charge in [-0.15, -0.1) is 0 Å². The van der Waals surface area contributed by atoms with E-state index >= 15 is 0 Å². The number of Topliss-reactive ketones (excluding diaryl/α,β-unsaturated/α-hetero) is 1. The molecule has 2 aliphatic carbocycles. The van der Waals surface area contributed by atoms with E-state index in [2.05, 4.69) is 5.32 Å². The van der Waals surface area contributed by atoms with Crippen molar-refractivity contribution in [2.24, 2.45) is 17.8 Å². The van der Waals surface area contributed by atoms with Gasteiger partial charge in [0.1, 0.15) is 84.1 Å². The molecule has 10 unspecified atom stereocenters. The Labute approximate surface area is 555 Å². The molecule has 29 heteroatoms. The van der Waals surface area contributed by atoms with Crippen molar-refractivity contribution in [1.29, 1.82) is 0 Å². The molecule has 10 rings (SSSR count). The average Bonchev–Trinajstić information content (AvgIpc) is 0.786. The van der Waals surface area contributed by atoms with Gasteiger partial charge in [0.25, 0.3) is 0 Å². The van der Waals surface area contributed by atoms with Crippen molar-refractivity contribution < 1.29 is 126 Å². The number of ketones is 1. The Balaban J connectivity index is 0.847. The molecule has 5 fully saturated rings. The standard InChI is InChI=1S/C68H85NO28/c1-4-13-44(62(81)82)89-59-53(76)49(29-71)95-68(60(59)96-63(83)34-14-6-5-7-15-34)93-47-25-37(22-32(2)57(47)97-66-55(78)54(77)50(73)33(3)88-66)41(72)18-12-21-69-61(80)38-26-45(86-30-39-23-35-16-8-10-19-42(35)90-64(39)84)51(74)46(27-38)92-67-56(79)58(52(75)48(28-70)94-67)87-31-40-24-36-17-9-11-20-43(36)91-65(40)85/h5-11,14-17,19-20,23-24,32-33,37-38,44-60,66-68,70-71,73-79H,4,12-13,18,21-22,25-31H2,1-3H3,(H,69,80)(H,81,82)/t32?,33?,37?,38-,44-,45?,46+,47+,48?,49-,50+,51?,52-,53-,54-,55?,56+,57+,58?,59?,60?,66-,67+,68+/m0/s1. The molecule has 5 heterocycles. The van der Waals surface area contributed by atoms with Gasteiger partial charge in [-0.1, -0.05) is 74.9 Å². The highest BCUT2D eigenvalue weighted by Gasteiger charge is 2.55. The molecule has 0 bridgehead atoms. The number of carboxylic acids is 1. The predicted octanol–water partition coefficient (Wildman–Crippen LogP) is 1.02. The van der Waals surface area contributed by atoms with E-state index in [4.69, 9.17) is 56.2 Å². The highest BCUT2D eigenvalue weighted by molar-refractivity contribution is 5.89. The molecule has 11 N–H and O–H groups in total. The van der Waals surface area contributed by atoms with Crippen molar-refractivity contribution in [3.8, 4) is 0 Å². The highest BCUT2D eigenvalue weighted by Crippen LogP contribution is 2.41. The van der Waals surface area contributed by atoms with Crippen LogP contribution in [-0.2, 0) is 75.0 Å². The van der Waals surface area contributed by atoms with E-state index in [0.29, 0.717) is 28.4 Å². The zero-order chi connectivity index (χ0) is 69.4. The van der Waals surface area contributed by atoms with Crippen molar-refractivity contribution in [3.63, 3.8) is 0 Å². The lowest BCUT2D eigenvalue weighted by atomic mass is 9.75. The van der Waals surface area contributed by atoms with E-state index in [1.165, 1.54) is 25.1 Å². The maximum Gasteiger partial charge on any atom is 0.341 e. The van der Waals surface area contributed by atoms with Crippen LogP contribution in [0.3, 0.4) is 0 Å². The lowest BCUT2D eigenvalue weighted by molar-refractivity contribution is -0.349. The number of ether oxygens (including phenoxy) is 10. The van der Waals surface area contributed by atoms with Gasteiger partial charge < -0.3 is 113 Å². The normalized spacial score (nSPS) is 34.2. The average molecular weight is 1360 g/mol. The molecular weight excluding hydrogens is 1280 g/mol. The molecule has 97 heavy (non-hydrogen) atoms. The Morgan fingerprint density at radius 1 is 0.577 bits per heavy atom. The van der Waals surface area contributed by atoms with Crippen molar-refractivity contribution >= 4 is 45.6 Å². The van der Waals surface area contributed by atoms with Crippen LogP contribution in [0.4, 0.5) is 0 Å². The number of carbonyl (C=O) groups is 4. The van der Waals surface area contributed by atoms with Crippen molar-refractivity contribution in [2.45, 2.75) is 214 Å². The van der Waals surface area contributed by atoms with Crippen LogP contribution in [0.15, 0.2) is 109 Å². The Kier molecular flexibility index (Phi) is 24.9. The number of carboxylic acid groups (broad SMARTS) is 1. The number of hydrogen-bond acceptors (Lipinski definition) is 27. The summed E-state index contributed by atoms with van der Waals surface area (Å²) in [7, 11) is 0. The van der Waals surface area contributed by atoms with E-state index in [1.54, 1.807) is 86.6 Å². The molecule has 2 aromatic heterocycles. The molecule has 1 amide bonds. The highest BCUT2D eigenvalue weighted by atomic mass is 16.8. The molecule has 29 nitrogen and oxygen atoms in total. The topological polar surface area (TPSA) is 435 Å². The fourth-order valence-electron chi connectivity index (χ4n) is 13.3. The zero-order valence-electron chi connectivity index (χ0n) is 53.5. The summed E-state index contributed by atoms with van der Waals surface area (Å²) in [5.74, 6) is -5.70. The number of rotatable bonds is 27. The Morgan fingerprint density at radius 2 is 1.14 bits per heavy atom. The number of aliphatic hydroxyl groups excluding tert-OH is 9. The summed E-state index contributed by atoms with van der Waals surface area (Å²) in [6, 6.07) is 24.3. The molecule has 2 saturated carbocycles. The first-order valence-electron chi connectivity index (χ1n) is 32.7. The third-order valence-electron chi connectivity index (χ3n) is 18.7. The van der Waals surface area contributed by atoms with Crippen LogP contribution in [0.2, 0.25) is 0 Å². The van der Waals surface area contributed by atoms with E-state index in [0.717, 1.165) is 0 Å². The summed E-state index contributed by atoms with van der Waals surface area (Å²) in [5, 5.41) is 114. The number of nitrogens with one attached hydrogen (secondary N) is 1. The molecular formula is C68H85NO28. The second-order valence-corrected chi connectivity index (χ2v) is 25.5. The Morgan fingerprint density at radius 3 is 1.77 bits per heavy atom. The largest absolute Gasteiger partial charge is 0.479 e. The number of esters is 1. The van der Waals surface area contributed by atoms with Gasteiger partial charge in [0.2, 0.25) is 5.91 Å². The predicted molar refractivity (Wildman–Crippen MR) is 333 cm³/mol. The number of aliphatic hydroxyl groups is 9. The minimum atomic E-state index is -1.82. The van der Waals surface area contributed by atoms with Gasteiger partial charge in [0, 0.05) is 35.6 Å². The summed E-state index contributed by atoms with van der Waals surface area (Å²) in [6.07, 6.45) is -32.5. The Bertz CT molecular complexity index is 3570. The number of hydrogen-bond donors (Lipinski definition) is 11. The van der Waals surface area contributed by atoms with Crippen LogP contribution >= 0.6 is 0 Å². The van der Waals surface area contributed by atoms with Crippen LogP contribution in [-0.4, -0.2) is 223 Å². The quantitative estimate of drug-likeness (QED) is 0.0199. The van der Waals surface area contributed by atoms with E-state index in [9.17, 15) is 79.8 Å². The third kappa shape index (κ3) is 17.2. The second-order valence-electron chi connectivity index (χ2n) is 25.5. The minimum absolute atomic E-state index is 0.0367. The van der Waals surface area contributed by atoms with E-state index in [1.807, 2.05) is 0 Å². The molecule has 0 spiro atoms. The van der Waals surface area contributed by atoms with Gasteiger partial charge in [0.05, 0.1) is 73.6 Å². The van der Waals surface area contributed by atoms with Crippen LogP contribution in [0.1, 0.15) is 93.6 Å². The summed E-state index contributed by atoms with van der Waals surface area (Å²) < 4.78 is 72.2. The summed E-state index contributed by atoms with van der Waals surface area (Å²) in [4.78, 5) is 81.4. The van der Waals surface area contributed by atoms with E-state index < -0.39 is 195 Å². The molecule has 3 aliphatic heterocycles. The second kappa shape index (κ2) is 33.1. The summed E-state index contributed by atoms with van der Waals surface area (Å²) in [5.41, 5.74) is -0.620. The van der Waals surface area contributed by atoms with Gasteiger partial charge in [-0.2, -0.15) is 0 Å². The lowest BCUT2D eigenvalue weighted by Crippen LogP contribution is -2.64. The molecule has 5 aliphatic rings. The van der Waals surface area contributed by atoms with Gasteiger partial charge in [0.15, 0.2) is 31.1 Å². The first kappa shape index (κ1) is 73.2. The number of amides is 1. The maximum absolute atomic E-state index is 14.5. The van der Waals surface area contributed by atoms with Gasteiger partial charge in [-0.25, -0.2) is 19.2 Å². The van der Waals surface area contributed by atoms with Gasteiger partial charge in [-0.05, 0) is 87.8 Å². The van der Waals surface area contributed by atoms with Crippen LogP contribution in [0, 0.1) is 17.8 Å². The summed E-state index contributed by atoms with van der Waals surface area (Å²) in [6.45, 7) is 2.32. The molecule has 3 saturated heterocycles. The molecule has 24 atom stereocenters. The minimum Gasteiger partial charge on any atom is -0.479 e. The molecule has 0 radical (unpaired) electrons. The first-order valence-corrected chi connectivity index (χ1v) is 32.7. The number of para-hydroxylation sites is 2. The van der Waals surface area contributed by atoms with Crippen LogP contribution in [0.5, 0.6) is 0 Å². The number of carbonyl (C=O) groups excluding carboxylic acids is 3. The fraction of sp³-hybridized carbons (Fsp3) is 0.588. The fourth-order valence-corrected chi connectivity index (χ4v) is 13.3. The zero-order valence-corrected chi connectivity index (χ0v) is 53.5. The Hall–Kier alpha value is -6.56. The first-order chi connectivity index (χ1) is 46.5. The van der Waals surface area contributed by atoms with Crippen molar-refractivity contribution in [2.75, 3.05) is 19.8 Å². The van der Waals surface area contributed by atoms with Crippen LogP contribution < -0.4 is 16.6 Å². The van der Waals surface area contributed by atoms with Crippen molar-refractivity contribution in [3.05, 3.63) is 129 Å². The van der Waals surface area contributed by atoms with Gasteiger partial charge >= 0.3 is 23.2 Å². The monoisotopic (exact) mass is 1360 g/mol. The maximum atomic E-state index is 14.5. The number of aliphatic carboxylic acids is 1. The van der Waals surface area contributed by atoms with E-state index in [-0.39, 0.29) is 80.6 Å². The smallest absolute Gasteiger partial charge is 0.341 e. The lowest BCUT2D eigenvalue weighted by Gasteiger charge is -2.48. The van der Waals surface area contributed by atoms with Gasteiger partial charge in [-0.3, -0.25) is 9.59 Å². The van der Waals surface area contributed by atoms with Crippen molar-refractivity contribution in [1.82, 2.24) is 5.32 Å². The third-order valence-corrected chi connectivity index (χ3v) is 18.7. The molecule has 3 aromatic carbocycles. The molecule has 5 aromatic rings. The van der Waals surface area contributed by atoms with Crippen LogP contribution in [0.25, 0.3) is 21.9 Å². The number of fused-ring (bicyclic) bond motifs is 2.